The van der Waals surface area contributed by atoms with E-state index in [0.717, 1.165) is 10.4 Å². The summed E-state index contributed by atoms with van der Waals surface area (Å²) >= 11 is 1.42. The van der Waals surface area contributed by atoms with E-state index in [1.807, 2.05) is 52.0 Å². The average Bonchev–Trinajstić information content (AvgIpc) is 2.88. The highest BCUT2D eigenvalue weighted by atomic mass is 32.1. The van der Waals surface area contributed by atoms with Crippen LogP contribution in [-0.2, 0) is 16.6 Å². The van der Waals surface area contributed by atoms with Gasteiger partial charge in [0.1, 0.15) is 5.00 Å². The first-order valence-electron chi connectivity index (χ1n) is 9.29. The van der Waals surface area contributed by atoms with Crippen molar-refractivity contribution in [2.24, 2.45) is 0 Å². The minimum Gasteiger partial charge on any atom is -0.459 e. The first kappa shape index (κ1) is 21.2. The average molecular weight is 388 g/mol. The second kappa shape index (κ2) is 8.26. The molecule has 0 unspecified atom stereocenters. The quantitative estimate of drug-likeness (QED) is 0.666. The maximum absolute atomic E-state index is 12.7. The van der Waals surface area contributed by atoms with E-state index in [1.54, 1.807) is 0 Å². The first-order valence-corrected chi connectivity index (χ1v) is 10.1. The maximum atomic E-state index is 12.7. The Kier molecular flexibility index (Phi) is 6.47. The van der Waals surface area contributed by atoms with Gasteiger partial charge in [-0.15, -0.1) is 11.3 Å². The van der Waals surface area contributed by atoms with E-state index in [9.17, 15) is 9.59 Å². The van der Waals surface area contributed by atoms with Gasteiger partial charge in [-0.05, 0) is 55.9 Å². The summed E-state index contributed by atoms with van der Waals surface area (Å²) in [6.45, 7) is 14.0. The number of thiophene rings is 1. The summed E-state index contributed by atoms with van der Waals surface area (Å²) in [6.07, 6.45) is 0.497. The molecule has 0 saturated carbocycles. The number of hydrogen-bond acceptors (Lipinski definition) is 4. The van der Waals surface area contributed by atoms with Crippen molar-refractivity contribution in [3.8, 4) is 0 Å². The number of esters is 1. The molecule has 0 fully saturated rings. The van der Waals surface area contributed by atoms with Crippen molar-refractivity contribution in [1.82, 2.24) is 0 Å². The van der Waals surface area contributed by atoms with E-state index in [4.69, 9.17) is 4.74 Å². The predicted octanol–water partition coefficient (Wildman–Crippen LogP) is 5.73. The molecular formula is C22H29NO3S. The van der Waals surface area contributed by atoms with Crippen LogP contribution in [-0.4, -0.2) is 18.0 Å². The van der Waals surface area contributed by atoms with E-state index in [-0.39, 0.29) is 23.4 Å². The fraction of sp³-hybridized carbons (Fsp3) is 0.455. The van der Waals surface area contributed by atoms with Crippen LogP contribution in [0.1, 0.15) is 78.3 Å². The fourth-order valence-corrected chi connectivity index (χ4v) is 4.01. The predicted molar refractivity (Wildman–Crippen MR) is 112 cm³/mol. The maximum Gasteiger partial charge on any atom is 0.341 e. The topological polar surface area (TPSA) is 55.4 Å². The molecule has 0 radical (unpaired) electrons. The Labute approximate surface area is 165 Å². The van der Waals surface area contributed by atoms with Gasteiger partial charge in [-0.2, -0.15) is 0 Å². The van der Waals surface area contributed by atoms with Gasteiger partial charge in [-0.3, -0.25) is 4.79 Å². The lowest BCUT2D eigenvalue weighted by atomic mass is 9.87. The van der Waals surface area contributed by atoms with Gasteiger partial charge >= 0.3 is 5.97 Å². The highest BCUT2D eigenvalue weighted by molar-refractivity contribution is 7.16. The summed E-state index contributed by atoms with van der Waals surface area (Å²) in [5.41, 5.74) is 3.18. The number of nitrogens with one attached hydrogen (secondary N) is 1. The van der Waals surface area contributed by atoms with Crippen molar-refractivity contribution in [3.05, 3.63) is 51.4 Å². The number of amides is 1. The molecule has 1 amide bonds. The molecule has 2 rings (SSSR count). The van der Waals surface area contributed by atoms with Gasteiger partial charge in [0.05, 0.1) is 11.7 Å². The zero-order valence-corrected chi connectivity index (χ0v) is 18.0. The number of rotatable bonds is 5. The number of aryl methyl sites for hydroxylation is 1. The molecule has 1 N–H and O–H groups in total. The molecule has 1 aromatic heterocycles. The summed E-state index contributed by atoms with van der Waals surface area (Å²) in [7, 11) is 0. The fourth-order valence-electron chi connectivity index (χ4n) is 2.88. The van der Waals surface area contributed by atoms with Crippen LogP contribution in [0, 0.1) is 6.92 Å². The van der Waals surface area contributed by atoms with E-state index < -0.39 is 0 Å². The van der Waals surface area contributed by atoms with Crippen molar-refractivity contribution in [3.63, 3.8) is 0 Å². The van der Waals surface area contributed by atoms with Crippen LogP contribution in [0.4, 0.5) is 5.00 Å². The van der Waals surface area contributed by atoms with Crippen LogP contribution in [0.2, 0.25) is 0 Å². The Morgan fingerprint density at radius 3 is 2.22 bits per heavy atom. The summed E-state index contributed by atoms with van der Waals surface area (Å²) in [5, 5.41) is 3.47. The third kappa shape index (κ3) is 4.98. The lowest BCUT2D eigenvalue weighted by molar-refractivity contribution is 0.0378. The van der Waals surface area contributed by atoms with Crippen LogP contribution >= 0.6 is 11.3 Å². The van der Waals surface area contributed by atoms with E-state index in [1.165, 1.54) is 16.9 Å². The smallest absolute Gasteiger partial charge is 0.341 e. The Morgan fingerprint density at radius 1 is 1.15 bits per heavy atom. The standard InChI is InChI=1S/C22H29NO3S/c1-8-17-14(4)27-20(18(17)21(25)26-13(2)3)23-19(24)15-9-11-16(12-10-15)22(5,6)7/h9-13H,8H2,1-7H3,(H,23,24). The van der Waals surface area contributed by atoms with E-state index >= 15 is 0 Å². The molecule has 1 aromatic carbocycles. The van der Waals surface area contributed by atoms with Gasteiger partial charge in [-0.25, -0.2) is 4.79 Å². The molecule has 2 aromatic rings. The summed E-state index contributed by atoms with van der Waals surface area (Å²) in [5.74, 6) is -0.609. The Morgan fingerprint density at radius 2 is 1.74 bits per heavy atom. The van der Waals surface area contributed by atoms with Gasteiger partial charge in [0.25, 0.3) is 5.91 Å². The monoisotopic (exact) mass is 387 g/mol. The molecule has 0 aliphatic heterocycles. The highest BCUT2D eigenvalue weighted by Gasteiger charge is 2.24. The summed E-state index contributed by atoms with van der Waals surface area (Å²) < 4.78 is 5.39. The third-order valence-electron chi connectivity index (χ3n) is 4.35. The molecule has 0 bridgehead atoms. The number of anilines is 1. The minimum absolute atomic E-state index is 0.0314. The van der Waals surface area contributed by atoms with Gasteiger partial charge in [0.2, 0.25) is 0 Å². The zero-order chi connectivity index (χ0) is 20.4. The van der Waals surface area contributed by atoms with Gasteiger partial charge in [0, 0.05) is 10.4 Å². The van der Waals surface area contributed by atoms with Crippen molar-refractivity contribution in [2.45, 2.75) is 66.4 Å². The van der Waals surface area contributed by atoms with E-state index in [0.29, 0.717) is 22.5 Å². The lowest BCUT2D eigenvalue weighted by Gasteiger charge is -2.19. The van der Waals surface area contributed by atoms with Crippen molar-refractivity contribution in [1.29, 1.82) is 0 Å². The van der Waals surface area contributed by atoms with Crippen LogP contribution in [0.15, 0.2) is 24.3 Å². The van der Waals surface area contributed by atoms with Gasteiger partial charge in [0.15, 0.2) is 0 Å². The third-order valence-corrected chi connectivity index (χ3v) is 5.41. The zero-order valence-electron chi connectivity index (χ0n) is 17.2. The molecule has 27 heavy (non-hydrogen) atoms. The number of ether oxygens (including phenoxy) is 1. The van der Waals surface area contributed by atoms with Crippen LogP contribution in [0.5, 0.6) is 0 Å². The summed E-state index contributed by atoms with van der Waals surface area (Å²) in [6, 6.07) is 7.59. The first-order chi connectivity index (χ1) is 12.5. The Hall–Kier alpha value is -2.14. The molecule has 0 atom stereocenters. The normalized spacial score (nSPS) is 11.6. The molecule has 0 aliphatic carbocycles. The highest BCUT2D eigenvalue weighted by Crippen LogP contribution is 2.34. The largest absolute Gasteiger partial charge is 0.459 e. The number of hydrogen-bond donors (Lipinski definition) is 1. The number of carbonyl (C=O) groups excluding carboxylic acids is 2. The second-order valence-corrected chi connectivity index (χ2v) is 9.15. The van der Waals surface area contributed by atoms with Gasteiger partial charge in [-0.1, -0.05) is 39.8 Å². The molecule has 0 spiro atoms. The number of carbonyl (C=O) groups is 2. The van der Waals surface area contributed by atoms with Crippen LogP contribution < -0.4 is 5.32 Å². The Balaban J connectivity index is 2.31. The molecule has 146 valence electrons. The van der Waals surface area contributed by atoms with Crippen LogP contribution in [0.3, 0.4) is 0 Å². The molecule has 4 nitrogen and oxygen atoms in total. The molecule has 0 saturated heterocycles. The minimum atomic E-state index is -0.385. The summed E-state index contributed by atoms with van der Waals surface area (Å²) in [4.78, 5) is 26.3. The number of benzene rings is 1. The molecular weight excluding hydrogens is 358 g/mol. The van der Waals surface area contributed by atoms with Crippen molar-refractivity contribution >= 4 is 28.2 Å². The second-order valence-electron chi connectivity index (χ2n) is 7.93. The van der Waals surface area contributed by atoms with Gasteiger partial charge < -0.3 is 10.1 Å². The molecule has 0 aliphatic rings. The van der Waals surface area contributed by atoms with E-state index in [2.05, 4.69) is 26.1 Å². The molecule has 1 heterocycles. The van der Waals surface area contributed by atoms with Crippen molar-refractivity contribution < 1.29 is 14.3 Å². The SMILES string of the molecule is CCc1c(C)sc(NC(=O)c2ccc(C(C)(C)C)cc2)c1C(=O)OC(C)C. The molecule has 5 heteroatoms. The van der Waals surface area contributed by atoms with Crippen molar-refractivity contribution in [2.75, 3.05) is 5.32 Å². The van der Waals surface area contributed by atoms with Crippen LogP contribution in [0.25, 0.3) is 0 Å². The lowest BCUT2D eigenvalue weighted by Crippen LogP contribution is -2.17. The Bertz CT molecular complexity index is 826.